The highest BCUT2D eigenvalue weighted by Gasteiger charge is 2.44. The third kappa shape index (κ3) is 7.09. The van der Waals surface area contributed by atoms with Gasteiger partial charge in [0.2, 0.25) is 15.9 Å². The predicted octanol–water partition coefficient (Wildman–Crippen LogP) is 6.01. The SMILES string of the molecule is O=C(C[C@H]1CC/C=C/[C@H](O)[C@@H]2CC[C@H]2CN2C[C@@]3(CCCc4cc(Cl)ccc43)COc3ccc(cc32)C(=O)NS1(=O)=O)Nc1ccccc1. The van der Waals surface area contributed by atoms with E-state index in [9.17, 15) is 23.1 Å². The van der Waals surface area contributed by atoms with Crippen LogP contribution >= 0.6 is 11.6 Å². The standard InChI is InChI=1S/C38H42ClN3O6S/c39-28-14-16-32-25(19-28)7-6-18-38(32)23-42-22-27-12-15-31(27)34(43)11-5-4-10-30(21-36(44)40-29-8-2-1-3-9-29)49(46,47)41-37(45)26-13-17-35(48-24-38)33(42)20-26/h1-3,5,8-9,11,13-14,16-17,19-20,27,30-31,34,43H,4,6-7,10,12,15,18,21-24H2,(H,40,44)(H,41,45)/b11-5+/t27-,30+,31+,34-,38-/m0/s1. The van der Waals surface area contributed by atoms with Crippen LogP contribution in [0, 0.1) is 11.8 Å². The summed E-state index contributed by atoms with van der Waals surface area (Å²) in [5, 5.41) is 13.5. The number of sulfonamides is 1. The number of amides is 2. The smallest absolute Gasteiger partial charge is 0.264 e. The predicted molar refractivity (Wildman–Crippen MR) is 191 cm³/mol. The van der Waals surface area contributed by atoms with Crippen LogP contribution < -0.4 is 19.7 Å². The van der Waals surface area contributed by atoms with Crippen molar-refractivity contribution >= 4 is 44.8 Å². The second kappa shape index (κ2) is 13.8. The maximum Gasteiger partial charge on any atom is 0.264 e. The Balaban J connectivity index is 1.22. The largest absolute Gasteiger partial charge is 0.490 e. The molecule has 3 aromatic rings. The molecule has 3 N–H and O–H groups in total. The molecular formula is C38H42ClN3O6S. The molecule has 9 nitrogen and oxygen atoms in total. The maximum absolute atomic E-state index is 13.7. The van der Waals surface area contributed by atoms with Crippen LogP contribution in [0.4, 0.5) is 11.4 Å². The number of aryl methyl sites for hydroxylation is 1. The summed E-state index contributed by atoms with van der Waals surface area (Å²) in [6.07, 6.45) is 7.69. The van der Waals surface area contributed by atoms with E-state index < -0.39 is 33.2 Å². The summed E-state index contributed by atoms with van der Waals surface area (Å²) in [6.45, 7) is 1.77. The van der Waals surface area contributed by atoms with E-state index >= 15 is 0 Å². The first-order valence-electron chi connectivity index (χ1n) is 17.2. The van der Waals surface area contributed by atoms with Gasteiger partial charge in [-0.05, 0) is 110 Å². The van der Waals surface area contributed by atoms with Crippen LogP contribution in [0.5, 0.6) is 5.75 Å². The van der Waals surface area contributed by atoms with Crippen molar-refractivity contribution in [3.05, 3.63) is 101 Å². The Kier molecular flexibility index (Phi) is 9.47. The Morgan fingerprint density at radius 3 is 2.71 bits per heavy atom. The molecule has 3 aromatic carbocycles. The number of anilines is 2. The Morgan fingerprint density at radius 2 is 1.92 bits per heavy atom. The van der Waals surface area contributed by atoms with Crippen LogP contribution in [0.1, 0.15) is 66.4 Å². The van der Waals surface area contributed by atoms with Crippen molar-refractivity contribution < 1.29 is 27.9 Å². The van der Waals surface area contributed by atoms with Gasteiger partial charge < -0.3 is 20.1 Å². The molecule has 0 aromatic heterocycles. The van der Waals surface area contributed by atoms with Crippen molar-refractivity contribution in [2.45, 2.75) is 68.1 Å². The lowest BCUT2D eigenvalue weighted by molar-refractivity contribution is -0.116. The molecule has 49 heavy (non-hydrogen) atoms. The lowest BCUT2D eigenvalue weighted by atomic mass is 9.68. The average molecular weight is 704 g/mol. The van der Waals surface area contributed by atoms with E-state index in [0.717, 1.165) is 37.8 Å². The first-order valence-corrected chi connectivity index (χ1v) is 19.1. The Morgan fingerprint density at radius 1 is 1.08 bits per heavy atom. The number of rotatable bonds is 3. The van der Waals surface area contributed by atoms with Gasteiger partial charge in [-0.3, -0.25) is 9.59 Å². The zero-order valence-corrected chi connectivity index (χ0v) is 28.9. The van der Waals surface area contributed by atoms with Crippen LogP contribution in [-0.4, -0.2) is 56.4 Å². The van der Waals surface area contributed by atoms with Crippen molar-refractivity contribution in [3.8, 4) is 5.75 Å². The molecule has 2 heterocycles. The third-order valence-electron chi connectivity index (χ3n) is 10.8. The fraction of sp³-hybridized carbons (Fsp3) is 0.421. The van der Waals surface area contributed by atoms with Gasteiger partial charge in [-0.1, -0.05) is 48.0 Å². The lowest BCUT2D eigenvalue weighted by Gasteiger charge is -2.45. The van der Waals surface area contributed by atoms with Gasteiger partial charge in [0, 0.05) is 41.2 Å². The summed E-state index contributed by atoms with van der Waals surface area (Å²) >= 11 is 6.41. The number of carbonyl (C=O) groups excluding carboxylic acids is 2. The molecule has 5 atom stereocenters. The monoisotopic (exact) mass is 703 g/mol. The Hall–Kier alpha value is -3.86. The highest BCUT2D eigenvalue weighted by atomic mass is 35.5. The van der Waals surface area contributed by atoms with Crippen molar-refractivity contribution in [2.75, 3.05) is 29.9 Å². The number of halogens is 1. The van der Waals surface area contributed by atoms with Gasteiger partial charge in [0.05, 0.1) is 23.6 Å². The summed E-state index contributed by atoms with van der Waals surface area (Å²) in [7, 11) is -4.27. The molecule has 11 heteroatoms. The molecule has 2 aliphatic carbocycles. The topological polar surface area (TPSA) is 125 Å². The molecule has 2 aliphatic heterocycles. The van der Waals surface area contributed by atoms with Crippen LogP contribution in [0.2, 0.25) is 5.02 Å². The van der Waals surface area contributed by atoms with Gasteiger partial charge in [0.15, 0.2) is 0 Å². The minimum Gasteiger partial charge on any atom is -0.490 e. The number of hydrogen-bond acceptors (Lipinski definition) is 7. The van der Waals surface area contributed by atoms with Gasteiger partial charge in [-0.25, -0.2) is 13.1 Å². The van der Waals surface area contributed by atoms with Gasteiger partial charge in [0.25, 0.3) is 5.91 Å². The van der Waals surface area contributed by atoms with Crippen molar-refractivity contribution in [2.24, 2.45) is 11.8 Å². The number of carbonyl (C=O) groups is 2. The second-order valence-electron chi connectivity index (χ2n) is 14.0. The summed E-state index contributed by atoms with van der Waals surface area (Å²) in [6, 6.07) is 20.0. The molecule has 2 amide bonds. The van der Waals surface area contributed by atoms with E-state index in [4.69, 9.17) is 16.3 Å². The van der Waals surface area contributed by atoms with Crippen molar-refractivity contribution in [3.63, 3.8) is 0 Å². The third-order valence-corrected chi connectivity index (χ3v) is 12.8. The lowest BCUT2D eigenvalue weighted by Crippen LogP contribution is -2.49. The normalized spacial score (nSPS) is 28.4. The van der Waals surface area contributed by atoms with Crippen molar-refractivity contribution in [1.82, 2.24) is 4.72 Å². The van der Waals surface area contributed by atoms with Gasteiger partial charge in [-0.15, -0.1) is 0 Å². The fourth-order valence-electron chi connectivity index (χ4n) is 8.05. The number of aliphatic hydroxyl groups excluding tert-OH is 1. The molecule has 0 unspecified atom stereocenters. The first-order chi connectivity index (χ1) is 23.6. The quantitative estimate of drug-likeness (QED) is 0.286. The number of nitrogens with one attached hydrogen (secondary N) is 2. The number of fused-ring (bicyclic) bond motifs is 4. The van der Waals surface area contributed by atoms with E-state index in [1.54, 1.807) is 54.6 Å². The highest BCUT2D eigenvalue weighted by molar-refractivity contribution is 7.90. The summed E-state index contributed by atoms with van der Waals surface area (Å²) < 4.78 is 36.3. The molecule has 2 bridgehead atoms. The molecule has 258 valence electrons. The zero-order chi connectivity index (χ0) is 34.2. The first kappa shape index (κ1) is 33.6. The summed E-state index contributed by atoms with van der Waals surface area (Å²) in [5.41, 5.74) is 3.61. The molecule has 0 radical (unpaired) electrons. The number of ether oxygens (including phenoxy) is 1. The second-order valence-corrected chi connectivity index (χ2v) is 16.4. The van der Waals surface area contributed by atoms with E-state index in [-0.39, 0.29) is 35.7 Å². The molecule has 1 saturated carbocycles. The van der Waals surface area contributed by atoms with Crippen LogP contribution in [0.3, 0.4) is 0 Å². The molecule has 1 spiro atoms. The van der Waals surface area contributed by atoms with Crippen LogP contribution in [0.15, 0.2) is 78.9 Å². The van der Waals surface area contributed by atoms with Gasteiger partial charge in [0.1, 0.15) is 5.75 Å². The van der Waals surface area contributed by atoms with Crippen LogP contribution in [0.25, 0.3) is 0 Å². The number of hydrogen-bond donors (Lipinski definition) is 3. The molecule has 1 fully saturated rings. The number of aliphatic hydroxyl groups is 1. The summed E-state index contributed by atoms with van der Waals surface area (Å²) in [4.78, 5) is 28.9. The van der Waals surface area contributed by atoms with E-state index in [1.807, 2.05) is 12.1 Å². The summed E-state index contributed by atoms with van der Waals surface area (Å²) in [5.74, 6) is -0.329. The van der Waals surface area contributed by atoms with Crippen molar-refractivity contribution in [1.29, 1.82) is 0 Å². The van der Waals surface area contributed by atoms with E-state index in [0.29, 0.717) is 42.6 Å². The number of benzene rings is 3. The highest BCUT2D eigenvalue weighted by Crippen LogP contribution is 2.46. The van der Waals surface area contributed by atoms with E-state index in [1.165, 1.54) is 11.1 Å². The van der Waals surface area contributed by atoms with Gasteiger partial charge >= 0.3 is 0 Å². The fourth-order valence-corrected chi connectivity index (χ4v) is 9.60. The molecular weight excluding hydrogens is 662 g/mol. The van der Waals surface area contributed by atoms with E-state index in [2.05, 4.69) is 27.1 Å². The maximum atomic E-state index is 13.7. The number of para-hydroxylation sites is 1. The molecule has 4 aliphatic rings. The minimum absolute atomic E-state index is 0.0489. The Labute approximate surface area is 292 Å². The number of allylic oxidation sites excluding steroid dienone is 1. The van der Waals surface area contributed by atoms with Gasteiger partial charge in [-0.2, -0.15) is 0 Å². The van der Waals surface area contributed by atoms with Crippen LogP contribution in [-0.2, 0) is 26.7 Å². The average Bonchev–Trinajstić information content (AvgIpc) is 3.21. The molecule has 7 rings (SSSR count). The minimum atomic E-state index is -4.27. The Bertz CT molecular complexity index is 1870. The molecule has 0 saturated heterocycles. The zero-order valence-electron chi connectivity index (χ0n) is 27.3. The number of nitrogens with zero attached hydrogens (tertiary/aromatic N) is 1.